The Labute approximate surface area is 181 Å². The van der Waals surface area contributed by atoms with Gasteiger partial charge in [0.25, 0.3) is 0 Å². The molecular formula is C26H25FN2O2. The smallest absolute Gasteiger partial charge is 0.237 e. The van der Waals surface area contributed by atoms with Crippen LogP contribution in [-0.2, 0) is 11.3 Å². The maximum atomic E-state index is 13.2. The van der Waals surface area contributed by atoms with E-state index in [2.05, 4.69) is 41.3 Å². The van der Waals surface area contributed by atoms with Gasteiger partial charge in [0.2, 0.25) is 5.91 Å². The lowest BCUT2D eigenvalue weighted by atomic mass is 9.73. The SMILES string of the molecule is O=C1CN(Cc2ccc(F)cc2)C[C@H]2[C@@H](c3ccc(-c4ccccc4)cc3)[C@@H](CO)N12. The average molecular weight is 416 g/mol. The van der Waals surface area contributed by atoms with Crippen LogP contribution < -0.4 is 0 Å². The molecule has 3 aromatic carbocycles. The number of hydrogen-bond acceptors (Lipinski definition) is 3. The van der Waals surface area contributed by atoms with Crippen LogP contribution in [0.1, 0.15) is 17.0 Å². The number of benzene rings is 3. The zero-order chi connectivity index (χ0) is 21.4. The molecule has 5 rings (SSSR count). The highest BCUT2D eigenvalue weighted by Gasteiger charge is 2.53. The molecule has 2 aliphatic heterocycles. The van der Waals surface area contributed by atoms with E-state index in [4.69, 9.17) is 0 Å². The molecule has 5 heteroatoms. The monoisotopic (exact) mass is 416 g/mol. The molecule has 1 amide bonds. The van der Waals surface area contributed by atoms with Gasteiger partial charge < -0.3 is 10.0 Å². The summed E-state index contributed by atoms with van der Waals surface area (Å²) in [5.41, 5.74) is 4.46. The molecule has 0 bridgehead atoms. The van der Waals surface area contributed by atoms with Crippen LogP contribution in [0.2, 0.25) is 0 Å². The van der Waals surface area contributed by atoms with Crippen molar-refractivity contribution in [3.8, 4) is 11.1 Å². The molecule has 0 saturated carbocycles. The highest BCUT2D eigenvalue weighted by Crippen LogP contribution is 2.43. The Morgan fingerprint density at radius 3 is 2.26 bits per heavy atom. The molecule has 3 atom stereocenters. The molecule has 0 radical (unpaired) electrons. The van der Waals surface area contributed by atoms with Gasteiger partial charge in [-0.15, -0.1) is 0 Å². The van der Waals surface area contributed by atoms with Crippen molar-refractivity contribution in [1.29, 1.82) is 0 Å². The first kappa shape index (κ1) is 19.9. The summed E-state index contributed by atoms with van der Waals surface area (Å²) in [5, 5.41) is 9.99. The number of rotatable bonds is 5. The number of nitrogens with zero attached hydrogens (tertiary/aromatic N) is 2. The third kappa shape index (κ3) is 3.75. The number of carbonyl (C=O) groups is 1. The summed E-state index contributed by atoms with van der Waals surface area (Å²) >= 11 is 0. The topological polar surface area (TPSA) is 43.8 Å². The first-order valence-electron chi connectivity index (χ1n) is 10.7. The second-order valence-corrected chi connectivity index (χ2v) is 8.43. The fourth-order valence-electron chi connectivity index (χ4n) is 5.06. The molecule has 2 aliphatic rings. The normalized spacial score (nSPS) is 23.4. The third-order valence-electron chi connectivity index (χ3n) is 6.54. The van der Waals surface area contributed by atoms with E-state index >= 15 is 0 Å². The molecule has 1 N–H and O–H groups in total. The van der Waals surface area contributed by atoms with Gasteiger partial charge in [0.05, 0.1) is 25.2 Å². The van der Waals surface area contributed by atoms with Crippen molar-refractivity contribution in [2.75, 3.05) is 19.7 Å². The summed E-state index contributed by atoms with van der Waals surface area (Å²) in [5.74, 6) is -0.0993. The second-order valence-electron chi connectivity index (χ2n) is 8.43. The van der Waals surface area contributed by atoms with Gasteiger partial charge in [0.1, 0.15) is 5.82 Å². The Morgan fingerprint density at radius 1 is 0.903 bits per heavy atom. The fraction of sp³-hybridized carbons (Fsp3) is 0.269. The standard InChI is InChI=1S/C26H25FN2O2/c27-22-12-6-18(7-13-22)14-28-15-23-26(24(17-30)29(23)25(31)16-28)21-10-8-20(9-11-21)19-4-2-1-3-5-19/h1-13,23-24,26,30H,14-17H2/t23-,24+,26+/m0/s1. The molecule has 0 aromatic heterocycles. The van der Waals surface area contributed by atoms with E-state index in [-0.39, 0.29) is 36.3 Å². The van der Waals surface area contributed by atoms with E-state index in [1.807, 2.05) is 23.1 Å². The molecule has 2 saturated heterocycles. The lowest BCUT2D eigenvalue weighted by Gasteiger charge is -2.59. The van der Waals surface area contributed by atoms with E-state index in [1.54, 1.807) is 12.1 Å². The fourth-order valence-corrected chi connectivity index (χ4v) is 5.06. The molecule has 0 spiro atoms. The maximum absolute atomic E-state index is 13.2. The van der Waals surface area contributed by atoms with Crippen LogP contribution in [0, 0.1) is 5.82 Å². The molecule has 2 heterocycles. The number of amides is 1. The molecule has 158 valence electrons. The summed E-state index contributed by atoms with van der Waals surface area (Å²) in [6, 6.07) is 25.0. The van der Waals surface area contributed by atoms with E-state index in [9.17, 15) is 14.3 Å². The van der Waals surface area contributed by atoms with E-state index in [0.717, 1.165) is 23.2 Å². The van der Waals surface area contributed by atoms with Gasteiger partial charge >= 0.3 is 0 Å². The first-order chi connectivity index (χ1) is 15.1. The van der Waals surface area contributed by atoms with Gasteiger partial charge in [-0.05, 0) is 34.4 Å². The Balaban J connectivity index is 1.35. The van der Waals surface area contributed by atoms with Crippen molar-refractivity contribution in [2.24, 2.45) is 0 Å². The quantitative estimate of drug-likeness (QED) is 0.690. The highest BCUT2D eigenvalue weighted by atomic mass is 19.1. The number of hydrogen-bond donors (Lipinski definition) is 1. The Morgan fingerprint density at radius 2 is 1.58 bits per heavy atom. The minimum atomic E-state index is -0.256. The van der Waals surface area contributed by atoms with Crippen LogP contribution >= 0.6 is 0 Å². The first-order valence-corrected chi connectivity index (χ1v) is 10.7. The highest BCUT2D eigenvalue weighted by molar-refractivity contribution is 5.81. The van der Waals surface area contributed by atoms with Crippen molar-refractivity contribution in [1.82, 2.24) is 9.80 Å². The van der Waals surface area contributed by atoms with E-state index in [0.29, 0.717) is 13.1 Å². The van der Waals surface area contributed by atoms with Crippen molar-refractivity contribution in [3.05, 3.63) is 95.8 Å². The molecule has 2 fully saturated rings. The molecule has 31 heavy (non-hydrogen) atoms. The number of carbonyl (C=O) groups excluding carboxylic acids is 1. The van der Waals surface area contributed by atoms with Crippen molar-refractivity contribution < 1.29 is 14.3 Å². The zero-order valence-electron chi connectivity index (χ0n) is 17.2. The largest absolute Gasteiger partial charge is 0.394 e. The Hall–Kier alpha value is -3.02. The Kier molecular flexibility index (Phi) is 5.30. The summed E-state index contributed by atoms with van der Waals surface area (Å²) in [4.78, 5) is 16.8. The number of piperazine rings is 1. The molecule has 0 aliphatic carbocycles. The van der Waals surface area contributed by atoms with Crippen molar-refractivity contribution >= 4 is 5.91 Å². The van der Waals surface area contributed by atoms with Gasteiger partial charge in [-0.25, -0.2) is 4.39 Å². The van der Waals surface area contributed by atoms with Crippen LogP contribution in [0.4, 0.5) is 4.39 Å². The van der Waals surface area contributed by atoms with Gasteiger partial charge in [0.15, 0.2) is 0 Å². The van der Waals surface area contributed by atoms with Crippen LogP contribution in [0.15, 0.2) is 78.9 Å². The lowest BCUT2D eigenvalue weighted by molar-refractivity contribution is -0.162. The minimum Gasteiger partial charge on any atom is -0.394 e. The van der Waals surface area contributed by atoms with Gasteiger partial charge in [-0.1, -0.05) is 66.7 Å². The summed E-state index contributed by atoms with van der Waals surface area (Å²) in [6.07, 6.45) is 0. The van der Waals surface area contributed by atoms with Crippen LogP contribution in [0.5, 0.6) is 0 Å². The number of fused-ring (bicyclic) bond motifs is 1. The zero-order valence-corrected chi connectivity index (χ0v) is 17.2. The van der Waals surface area contributed by atoms with Crippen LogP contribution in [0.25, 0.3) is 11.1 Å². The third-order valence-corrected chi connectivity index (χ3v) is 6.54. The van der Waals surface area contributed by atoms with Crippen molar-refractivity contribution in [3.63, 3.8) is 0 Å². The van der Waals surface area contributed by atoms with E-state index < -0.39 is 0 Å². The summed E-state index contributed by atoms with van der Waals surface area (Å²) in [6.45, 7) is 1.64. The summed E-state index contributed by atoms with van der Waals surface area (Å²) < 4.78 is 13.2. The predicted molar refractivity (Wildman–Crippen MR) is 118 cm³/mol. The number of halogens is 1. The van der Waals surface area contributed by atoms with Crippen LogP contribution in [0.3, 0.4) is 0 Å². The molecule has 4 nitrogen and oxygen atoms in total. The number of aliphatic hydroxyl groups is 1. The van der Waals surface area contributed by atoms with Gasteiger partial charge in [-0.3, -0.25) is 9.69 Å². The molecule has 3 aromatic rings. The van der Waals surface area contributed by atoms with Crippen LogP contribution in [-0.4, -0.2) is 52.6 Å². The van der Waals surface area contributed by atoms with E-state index in [1.165, 1.54) is 17.7 Å². The Bertz CT molecular complexity index is 1050. The van der Waals surface area contributed by atoms with Crippen molar-refractivity contribution in [2.45, 2.75) is 24.5 Å². The maximum Gasteiger partial charge on any atom is 0.237 e. The minimum absolute atomic E-state index is 0.0364. The summed E-state index contributed by atoms with van der Waals surface area (Å²) in [7, 11) is 0. The van der Waals surface area contributed by atoms with Gasteiger partial charge in [0, 0.05) is 19.0 Å². The number of aliphatic hydroxyl groups excluding tert-OH is 1. The predicted octanol–water partition coefficient (Wildman–Crippen LogP) is 3.66. The average Bonchev–Trinajstić information content (AvgIpc) is 2.78. The lowest BCUT2D eigenvalue weighted by Crippen LogP contribution is -2.72. The molecular weight excluding hydrogens is 391 g/mol. The van der Waals surface area contributed by atoms with Gasteiger partial charge in [-0.2, -0.15) is 0 Å². The molecule has 0 unspecified atom stereocenters. The second kappa shape index (κ2) is 8.25.